The molecule has 0 bridgehead atoms. The van der Waals surface area contributed by atoms with Crippen LogP contribution in [0.5, 0.6) is 5.75 Å². The molecule has 0 aliphatic carbocycles. The fraction of sp³-hybridized carbons (Fsp3) is 0.500. The molecule has 0 atom stereocenters. The highest BCUT2D eigenvalue weighted by Crippen LogP contribution is 2.29. The van der Waals surface area contributed by atoms with E-state index in [0.29, 0.717) is 12.8 Å². The number of rotatable bonds is 5. The molecule has 0 N–H and O–H groups in total. The van der Waals surface area contributed by atoms with Gasteiger partial charge in [-0.2, -0.15) is 4.31 Å². The lowest BCUT2D eigenvalue weighted by atomic mass is 10.1. The van der Waals surface area contributed by atoms with Crippen LogP contribution in [0.2, 0.25) is 0 Å². The molecule has 3 rings (SSSR count). The van der Waals surface area contributed by atoms with Gasteiger partial charge in [-0.15, -0.1) is 0 Å². The Bertz CT molecular complexity index is 806. The second-order valence-corrected chi connectivity index (χ2v) is 8.84. The minimum atomic E-state index is -3.85. The smallest absolute Gasteiger partial charge is 0.289 e. The number of halogens is 1. The molecule has 2 saturated heterocycles. The maximum Gasteiger partial charge on any atom is 0.289 e. The first kappa shape index (κ1) is 19.1. The van der Waals surface area contributed by atoms with E-state index >= 15 is 0 Å². The van der Waals surface area contributed by atoms with E-state index in [1.54, 1.807) is 6.92 Å². The van der Waals surface area contributed by atoms with Crippen LogP contribution in [-0.4, -0.2) is 60.3 Å². The van der Waals surface area contributed by atoms with Gasteiger partial charge in [0, 0.05) is 19.1 Å². The number of imide groups is 1. The highest BCUT2D eigenvalue weighted by Gasteiger charge is 2.39. The van der Waals surface area contributed by atoms with Crippen molar-refractivity contribution in [1.29, 1.82) is 0 Å². The molecule has 2 amide bonds. The molecule has 1 aromatic rings. The molecular formula is C16H19FN2O5S2. The molecule has 2 heterocycles. The number of thioether (sulfide) groups is 1. The third-order valence-electron chi connectivity index (χ3n) is 4.41. The first-order chi connectivity index (χ1) is 12.3. The van der Waals surface area contributed by atoms with Gasteiger partial charge in [0.05, 0.1) is 17.3 Å². The SMILES string of the molecule is CCOc1ccc(S(=O)(=O)N2CCC(N3C(=O)CSC3=O)CC2)cc1F. The second kappa shape index (κ2) is 7.53. The van der Waals surface area contributed by atoms with Gasteiger partial charge in [-0.05, 0) is 38.0 Å². The summed E-state index contributed by atoms with van der Waals surface area (Å²) in [4.78, 5) is 24.7. The van der Waals surface area contributed by atoms with E-state index in [1.807, 2.05) is 0 Å². The van der Waals surface area contributed by atoms with Crippen molar-refractivity contribution in [3.63, 3.8) is 0 Å². The molecule has 2 aliphatic heterocycles. The van der Waals surface area contributed by atoms with Crippen molar-refractivity contribution in [2.24, 2.45) is 0 Å². The number of benzene rings is 1. The molecule has 0 saturated carbocycles. The topological polar surface area (TPSA) is 84.0 Å². The van der Waals surface area contributed by atoms with Crippen LogP contribution in [0.3, 0.4) is 0 Å². The van der Waals surface area contributed by atoms with E-state index < -0.39 is 15.8 Å². The maximum absolute atomic E-state index is 14.0. The minimum absolute atomic E-state index is 0.00807. The number of amides is 2. The Balaban J connectivity index is 1.71. The number of carbonyl (C=O) groups is 2. The Labute approximate surface area is 155 Å². The van der Waals surface area contributed by atoms with Crippen molar-refractivity contribution in [2.45, 2.75) is 30.7 Å². The fourth-order valence-electron chi connectivity index (χ4n) is 3.12. The monoisotopic (exact) mass is 402 g/mol. The molecule has 1 aromatic carbocycles. The Morgan fingerprint density at radius 1 is 1.27 bits per heavy atom. The molecule has 0 unspecified atom stereocenters. The summed E-state index contributed by atoms with van der Waals surface area (Å²) in [6.45, 7) is 2.33. The third-order valence-corrected chi connectivity index (χ3v) is 7.14. The second-order valence-electron chi connectivity index (χ2n) is 5.98. The predicted octanol–water partition coefficient (Wildman–Crippen LogP) is 2.07. The number of sulfonamides is 1. The lowest BCUT2D eigenvalue weighted by Crippen LogP contribution is -2.48. The minimum Gasteiger partial charge on any atom is -0.491 e. The van der Waals surface area contributed by atoms with Gasteiger partial charge in [0.2, 0.25) is 15.9 Å². The van der Waals surface area contributed by atoms with Gasteiger partial charge >= 0.3 is 0 Å². The number of carbonyl (C=O) groups excluding carboxylic acids is 2. The summed E-state index contributed by atoms with van der Waals surface area (Å²) in [5.41, 5.74) is 0. The Morgan fingerprint density at radius 2 is 1.96 bits per heavy atom. The number of ether oxygens (including phenoxy) is 1. The number of piperidine rings is 1. The van der Waals surface area contributed by atoms with Crippen molar-refractivity contribution in [2.75, 3.05) is 25.4 Å². The van der Waals surface area contributed by atoms with Crippen LogP contribution in [0.25, 0.3) is 0 Å². The van der Waals surface area contributed by atoms with Gasteiger partial charge < -0.3 is 4.74 Å². The van der Waals surface area contributed by atoms with Crippen LogP contribution in [0, 0.1) is 5.82 Å². The van der Waals surface area contributed by atoms with E-state index in [-0.39, 0.29) is 53.3 Å². The molecule has 10 heteroatoms. The largest absolute Gasteiger partial charge is 0.491 e. The lowest BCUT2D eigenvalue weighted by Gasteiger charge is -2.34. The molecule has 26 heavy (non-hydrogen) atoms. The standard InChI is InChI=1S/C16H19FN2O5S2/c1-2-24-14-4-3-12(9-13(14)17)26(22,23)18-7-5-11(6-8-18)19-15(20)10-25-16(19)21/h3-4,9,11H,2,5-8,10H2,1H3. The molecular weight excluding hydrogens is 383 g/mol. The zero-order valence-corrected chi connectivity index (χ0v) is 15.8. The molecule has 142 valence electrons. The fourth-order valence-corrected chi connectivity index (χ4v) is 5.38. The average molecular weight is 402 g/mol. The van der Waals surface area contributed by atoms with Crippen LogP contribution < -0.4 is 4.74 Å². The predicted molar refractivity (Wildman–Crippen MR) is 94.0 cm³/mol. The van der Waals surface area contributed by atoms with Crippen molar-refractivity contribution in [3.05, 3.63) is 24.0 Å². The zero-order chi connectivity index (χ0) is 18.9. The molecule has 2 fully saturated rings. The average Bonchev–Trinajstić information content (AvgIpc) is 2.95. The summed E-state index contributed by atoms with van der Waals surface area (Å²) >= 11 is 0.969. The first-order valence-corrected chi connectivity index (χ1v) is 10.7. The summed E-state index contributed by atoms with van der Waals surface area (Å²) < 4.78 is 45.8. The van der Waals surface area contributed by atoms with E-state index in [0.717, 1.165) is 17.8 Å². The number of hydrogen-bond donors (Lipinski definition) is 0. The van der Waals surface area contributed by atoms with Crippen LogP contribution in [-0.2, 0) is 14.8 Å². The van der Waals surface area contributed by atoms with Crippen molar-refractivity contribution >= 4 is 32.9 Å². The van der Waals surface area contributed by atoms with Gasteiger partial charge in [0.1, 0.15) is 0 Å². The van der Waals surface area contributed by atoms with Crippen LogP contribution >= 0.6 is 11.8 Å². The molecule has 0 radical (unpaired) electrons. The lowest BCUT2D eigenvalue weighted by molar-refractivity contribution is -0.126. The highest BCUT2D eigenvalue weighted by molar-refractivity contribution is 8.14. The van der Waals surface area contributed by atoms with Crippen molar-refractivity contribution in [3.8, 4) is 5.75 Å². The highest BCUT2D eigenvalue weighted by atomic mass is 32.2. The van der Waals surface area contributed by atoms with Crippen molar-refractivity contribution < 1.29 is 27.1 Å². The molecule has 0 aromatic heterocycles. The summed E-state index contributed by atoms with van der Waals surface area (Å²) in [7, 11) is -3.85. The third kappa shape index (κ3) is 3.58. The van der Waals surface area contributed by atoms with E-state index in [2.05, 4.69) is 0 Å². The quantitative estimate of drug-likeness (QED) is 0.750. The van der Waals surface area contributed by atoms with Gasteiger partial charge in [-0.3, -0.25) is 14.5 Å². The van der Waals surface area contributed by atoms with Gasteiger partial charge in [-0.25, -0.2) is 12.8 Å². The summed E-state index contributed by atoms with van der Waals surface area (Å²) in [5.74, 6) is -0.806. The zero-order valence-electron chi connectivity index (χ0n) is 14.2. The number of nitrogens with zero attached hydrogens (tertiary/aromatic N) is 2. The van der Waals surface area contributed by atoms with Gasteiger partial charge in [-0.1, -0.05) is 11.8 Å². The normalized spacial score (nSPS) is 20.0. The van der Waals surface area contributed by atoms with Gasteiger partial charge in [0.15, 0.2) is 11.6 Å². The molecule has 7 nitrogen and oxygen atoms in total. The van der Waals surface area contributed by atoms with E-state index in [1.165, 1.54) is 21.3 Å². The summed E-state index contributed by atoms with van der Waals surface area (Å²) in [5, 5.41) is -0.273. The number of hydrogen-bond acceptors (Lipinski definition) is 6. The Hall–Kier alpha value is -1.65. The summed E-state index contributed by atoms with van der Waals surface area (Å²) in [6.07, 6.45) is 0.744. The molecule has 0 spiro atoms. The maximum atomic E-state index is 14.0. The van der Waals surface area contributed by atoms with E-state index in [4.69, 9.17) is 4.74 Å². The Morgan fingerprint density at radius 3 is 2.50 bits per heavy atom. The van der Waals surface area contributed by atoms with Crippen LogP contribution in [0.15, 0.2) is 23.1 Å². The molecule has 2 aliphatic rings. The van der Waals surface area contributed by atoms with Crippen molar-refractivity contribution in [1.82, 2.24) is 9.21 Å². The van der Waals surface area contributed by atoms with Crippen LogP contribution in [0.1, 0.15) is 19.8 Å². The van der Waals surface area contributed by atoms with E-state index in [9.17, 15) is 22.4 Å². The summed E-state index contributed by atoms with van der Waals surface area (Å²) in [6, 6.07) is 3.29. The Kier molecular flexibility index (Phi) is 5.54. The van der Waals surface area contributed by atoms with Crippen LogP contribution in [0.4, 0.5) is 9.18 Å². The van der Waals surface area contributed by atoms with Gasteiger partial charge in [0.25, 0.3) is 5.24 Å². The first-order valence-electron chi connectivity index (χ1n) is 8.26.